The number of H-pyrrole nitrogens is 1. The van der Waals surface area contributed by atoms with Gasteiger partial charge in [-0.15, -0.1) is 0 Å². The maximum absolute atomic E-state index is 5.42. The van der Waals surface area contributed by atoms with Crippen molar-refractivity contribution >= 4 is 0 Å². The average molecular weight is 262 g/mol. The lowest BCUT2D eigenvalue weighted by atomic mass is 9.84. The van der Waals surface area contributed by atoms with Gasteiger partial charge in [-0.25, -0.2) is 0 Å². The van der Waals surface area contributed by atoms with Gasteiger partial charge in [-0.05, 0) is 19.4 Å². The second kappa shape index (κ2) is 5.48. The second-order valence-corrected chi connectivity index (χ2v) is 4.87. The predicted molar refractivity (Wildman–Crippen MR) is 68.3 cm³/mol. The Hall–Kier alpha value is -1.76. The molecule has 2 aromatic rings. The molecule has 0 aliphatic heterocycles. The molecule has 2 N–H and O–H groups in total. The van der Waals surface area contributed by atoms with Gasteiger partial charge in [0, 0.05) is 6.04 Å². The summed E-state index contributed by atoms with van der Waals surface area (Å²) in [5.41, 5.74) is 0.616. The van der Waals surface area contributed by atoms with E-state index < -0.39 is 0 Å². The molecule has 2 aromatic heterocycles. The van der Waals surface area contributed by atoms with Crippen LogP contribution in [0.5, 0.6) is 0 Å². The van der Waals surface area contributed by atoms with Crippen molar-refractivity contribution in [1.82, 2.24) is 30.9 Å². The number of hydrogen-bond donors (Lipinski definition) is 2. The highest BCUT2D eigenvalue weighted by Crippen LogP contribution is 2.32. The highest BCUT2D eigenvalue weighted by Gasteiger charge is 2.30. The molecule has 2 heterocycles. The maximum atomic E-state index is 5.42. The molecule has 7 nitrogen and oxygen atoms in total. The number of nitrogens with one attached hydrogen (secondary N) is 2. The molecule has 7 heteroatoms. The standard InChI is InChI=1S/C12H18N6O/c1-2-13-9-6-4-3-5-8(9)12-15-11(17-19-12)10-7-14-18-16-10/h7-9,13H,2-6H2,1H3,(H,14,16,18). The first kappa shape index (κ1) is 12.3. The molecule has 0 amide bonds. The number of hydrogen-bond acceptors (Lipinski definition) is 6. The molecule has 1 fully saturated rings. The Morgan fingerprint density at radius 2 is 2.32 bits per heavy atom. The lowest BCUT2D eigenvalue weighted by Crippen LogP contribution is -2.37. The van der Waals surface area contributed by atoms with Crippen LogP contribution in [0.15, 0.2) is 10.7 Å². The minimum atomic E-state index is 0.307. The molecular formula is C12H18N6O. The van der Waals surface area contributed by atoms with Gasteiger partial charge in [0.2, 0.25) is 11.7 Å². The van der Waals surface area contributed by atoms with E-state index >= 15 is 0 Å². The number of likely N-dealkylation sites (N-methyl/N-ethyl adjacent to an activating group) is 1. The lowest BCUT2D eigenvalue weighted by Gasteiger charge is -2.29. The van der Waals surface area contributed by atoms with Crippen LogP contribution in [-0.2, 0) is 0 Å². The van der Waals surface area contributed by atoms with Gasteiger partial charge in [0.05, 0.1) is 12.1 Å². The Morgan fingerprint density at radius 1 is 1.42 bits per heavy atom. The Balaban J connectivity index is 1.80. The molecule has 0 spiro atoms. The zero-order valence-electron chi connectivity index (χ0n) is 11.0. The first-order valence-electron chi connectivity index (χ1n) is 6.81. The molecule has 2 atom stereocenters. The van der Waals surface area contributed by atoms with E-state index in [9.17, 15) is 0 Å². The third kappa shape index (κ3) is 2.51. The minimum absolute atomic E-state index is 0.307. The van der Waals surface area contributed by atoms with Crippen molar-refractivity contribution in [3.63, 3.8) is 0 Å². The summed E-state index contributed by atoms with van der Waals surface area (Å²) in [6.07, 6.45) is 6.34. The summed E-state index contributed by atoms with van der Waals surface area (Å²) < 4.78 is 5.42. The van der Waals surface area contributed by atoms with Gasteiger partial charge in [-0.2, -0.15) is 20.4 Å². The van der Waals surface area contributed by atoms with E-state index in [4.69, 9.17) is 4.52 Å². The van der Waals surface area contributed by atoms with E-state index in [2.05, 4.69) is 37.8 Å². The van der Waals surface area contributed by atoms with E-state index in [1.807, 2.05) is 0 Å². The number of nitrogens with zero attached hydrogens (tertiary/aromatic N) is 4. The molecule has 0 saturated heterocycles. The van der Waals surface area contributed by atoms with Crippen molar-refractivity contribution in [3.8, 4) is 11.5 Å². The molecule has 1 aliphatic carbocycles. The average Bonchev–Trinajstić information content (AvgIpc) is 3.11. The fraction of sp³-hybridized carbons (Fsp3) is 0.667. The number of aromatic nitrogens is 5. The smallest absolute Gasteiger partial charge is 0.231 e. The topological polar surface area (TPSA) is 92.5 Å². The van der Waals surface area contributed by atoms with E-state index in [1.54, 1.807) is 6.20 Å². The number of aromatic amines is 1. The molecular weight excluding hydrogens is 244 g/mol. The van der Waals surface area contributed by atoms with Crippen molar-refractivity contribution < 1.29 is 4.52 Å². The monoisotopic (exact) mass is 262 g/mol. The van der Waals surface area contributed by atoms with Crippen LogP contribution < -0.4 is 5.32 Å². The zero-order valence-corrected chi connectivity index (χ0v) is 11.0. The SMILES string of the molecule is CCNC1CCCCC1c1nc(-c2cn[nH]n2)no1. The summed E-state index contributed by atoms with van der Waals surface area (Å²) >= 11 is 0. The van der Waals surface area contributed by atoms with Gasteiger partial charge in [0.15, 0.2) is 5.69 Å². The molecule has 3 rings (SSSR count). The van der Waals surface area contributed by atoms with E-state index in [0.717, 1.165) is 13.0 Å². The summed E-state index contributed by atoms with van der Waals surface area (Å²) in [4.78, 5) is 4.47. The number of rotatable bonds is 4. The normalized spacial score (nSPS) is 23.6. The van der Waals surface area contributed by atoms with Crippen LogP contribution in [0.3, 0.4) is 0 Å². The molecule has 19 heavy (non-hydrogen) atoms. The molecule has 0 radical (unpaired) electrons. The van der Waals surface area contributed by atoms with E-state index in [0.29, 0.717) is 29.4 Å². The van der Waals surface area contributed by atoms with Crippen LogP contribution in [0.2, 0.25) is 0 Å². The molecule has 102 valence electrons. The first-order chi connectivity index (χ1) is 9.38. The fourth-order valence-corrected chi connectivity index (χ4v) is 2.73. The van der Waals surface area contributed by atoms with Gasteiger partial charge in [-0.1, -0.05) is 24.9 Å². The third-order valence-electron chi connectivity index (χ3n) is 3.64. The van der Waals surface area contributed by atoms with Crippen LogP contribution in [0.1, 0.15) is 44.4 Å². The van der Waals surface area contributed by atoms with Crippen molar-refractivity contribution in [2.75, 3.05) is 6.54 Å². The van der Waals surface area contributed by atoms with Crippen LogP contribution in [0.25, 0.3) is 11.5 Å². The largest absolute Gasteiger partial charge is 0.339 e. The predicted octanol–water partition coefficient (Wildman–Crippen LogP) is 1.49. The molecule has 1 saturated carbocycles. The van der Waals surface area contributed by atoms with Gasteiger partial charge < -0.3 is 9.84 Å². The fourth-order valence-electron chi connectivity index (χ4n) is 2.73. The summed E-state index contributed by atoms with van der Waals surface area (Å²) in [5.74, 6) is 1.52. The van der Waals surface area contributed by atoms with Crippen LogP contribution in [-0.4, -0.2) is 38.1 Å². The summed E-state index contributed by atoms with van der Waals surface area (Å²) in [6.45, 7) is 3.09. The molecule has 1 aliphatic rings. The van der Waals surface area contributed by atoms with Crippen LogP contribution in [0.4, 0.5) is 0 Å². The maximum Gasteiger partial charge on any atom is 0.231 e. The Labute approximate surface area is 111 Å². The zero-order chi connectivity index (χ0) is 13.1. The minimum Gasteiger partial charge on any atom is -0.339 e. The van der Waals surface area contributed by atoms with Crippen molar-refractivity contribution in [2.45, 2.75) is 44.6 Å². The summed E-state index contributed by atoms with van der Waals surface area (Å²) in [6, 6.07) is 0.435. The highest BCUT2D eigenvalue weighted by molar-refractivity contribution is 5.44. The highest BCUT2D eigenvalue weighted by atomic mass is 16.5. The van der Waals surface area contributed by atoms with Crippen LogP contribution >= 0.6 is 0 Å². The van der Waals surface area contributed by atoms with Crippen molar-refractivity contribution in [2.24, 2.45) is 0 Å². The van der Waals surface area contributed by atoms with Gasteiger partial charge >= 0.3 is 0 Å². The van der Waals surface area contributed by atoms with E-state index in [-0.39, 0.29) is 0 Å². The van der Waals surface area contributed by atoms with Crippen LogP contribution in [0, 0.1) is 0 Å². The van der Waals surface area contributed by atoms with Crippen molar-refractivity contribution in [1.29, 1.82) is 0 Å². The van der Waals surface area contributed by atoms with Crippen molar-refractivity contribution in [3.05, 3.63) is 12.1 Å². The third-order valence-corrected chi connectivity index (χ3v) is 3.64. The van der Waals surface area contributed by atoms with Gasteiger partial charge in [0.1, 0.15) is 0 Å². The Bertz CT molecular complexity index is 506. The second-order valence-electron chi connectivity index (χ2n) is 4.87. The van der Waals surface area contributed by atoms with Gasteiger partial charge in [0.25, 0.3) is 0 Å². The molecule has 0 aromatic carbocycles. The Kier molecular flexibility index (Phi) is 3.54. The first-order valence-corrected chi connectivity index (χ1v) is 6.81. The molecule has 2 unspecified atom stereocenters. The van der Waals surface area contributed by atoms with E-state index in [1.165, 1.54) is 19.3 Å². The summed E-state index contributed by atoms with van der Waals surface area (Å²) in [7, 11) is 0. The lowest BCUT2D eigenvalue weighted by molar-refractivity contribution is 0.265. The Morgan fingerprint density at radius 3 is 3.11 bits per heavy atom. The molecule has 0 bridgehead atoms. The van der Waals surface area contributed by atoms with Gasteiger partial charge in [-0.3, -0.25) is 0 Å². The summed E-state index contributed by atoms with van der Waals surface area (Å²) in [5, 5.41) is 17.8. The quantitative estimate of drug-likeness (QED) is 0.867.